The van der Waals surface area contributed by atoms with Crippen LogP contribution in [0.15, 0.2) is 30.7 Å². The Bertz CT molecular complexity index is 1390. The molecule has 0 unspecified atom stereocenters. The number of carbonyl (C=O) groups excluding carboxylic acids is 1. The third kappa shape index (κ3) is 4.86. The summed E-state index contributed by atoms with van der Waals surface area (Å²) >= 11 is 0. The fraction of sp³-hybridized carbons (Fsp3) is 0.444. The first kappa shape index (κ1) is 25.8. The molecule has 0 bridgehead atoms. The second-order valence-corrected chi connectivity index (χ2v) is 10.4. The van der Waals surface area contributed by atoms with Crippen LogP contribution < -0.4 is 15.4 Å². The van der Waals surface area contributed by atoms with Gasteiger partial charge < -0.3 is 20.3 Å². The predicted molar refractivity (Wildman–Crippen MR) is 147 cm³/mol. The first-order valence-corrected chi connectivity index (χ1v) is 12.8. The molecule has 1 fully saturated rings. The molecule has 1 aliphatic heterocycles. The normalized spacial score (nSPS) is 16.2. The Morgan fingerprint density at radius 1 is 1.13 bits per heavy atom. The van der Waals surface area contributed by atoms with E-state index in [9.17, 15) is 4.79 Å². The van der Waals surface area contributed by atoms with Gasteiger partial charge in [-0.25, -0.2) is 15.0 Å². The number of rotatable bonds is 7. The Labute approximate surface area is 222 Å². The van der Waals surface area contributed by atoms with Gasteiger partial charge in [0.15, 0.2) is 0 Å². The van der Waals surface area contributed by atoms with Gasteiger partial charge in [0.1, 0.15) is 11.5 Å². The summed E-state index contributed by atoms with van der Waals surface area (Å²) in [5.74, 6) is 1.47. The number of nitrogens with zero attached hydrogens (tertiary/aromatic N) is 7. The number of carbonyl (C=O) groups is 1. The monoisotopic (exact) mass is 517 g/mol. The number of nitrogens with one attached hydrogen (secondary N) is 2. The zero-order valence-corrected chi connectivity index (χ0v) is 22.9. The van der Waals surface area contributed by atoms with E-state index in [0.717, 1.165) is 54.1 Å². The lowest BCUT2D eigenvalue weighted by atomic mass is 9.99. The van der Waals surface area contributed by atoms with Crippen LogP contribution >= 0.6 is 0 Å². The van der Waals surface area contributed by atoms with E-state index in [1.165, 1.54) is 0 Å². The Morgan fingerprint density at radius 3 is 2.63 bits per heavy atom. The van der Waals surface area contributed by atoms with E-state index < -0.39 is 5.54 Å². The highest BCUT2D eigenvalue weighted by Crippen LogP contribution is 2.37. The van der Waals surface area contributed by atoms with Crippen molar-refractivity contribution in [3.63, 3.8) is 0 Å². The van der Waals surface area contributed by atoms with Crippen LogP contribution in [0.5, 0.6) is 5.88 Å². The van der Waals surface area contributed by atoms with Gasteiger partial charge in [0.25, 0.3) is 5.88 Å². The number of fused-ring (bicyclic) bond motifs is 1. The molecule has 38 heavy (non-hydrogen) atoms. The van der Waals surface area contributed by atoms with Gasteiger partial charge in [0.2, 0.25) is 11.9 Å². The molecule has 1 amide bonds. The summed E-state index contributed by atoms with van der Waals surface area (Å²) in [5.41, 5.74) is 4.82. The fourth-order valence-electron chi connectivity index (χ4n) is 4.97. The summed E-state index contributed by atoms with van der Waals surface area (Å²) in [5, 5.41) is 10.6. The number of amides is 1. The van der Waals surface area contributed by atoms with Crippen molar-refractivity contribution >= 4 is 28.9 Å². The van der Waals surface area contributed by atoms with E-state index >= 15 is 0 Å². The smallest absolute Gasteiger partial charge is 0.256 e. The van der Waals surface area contributed by atoms with Crippen LogP contribution in [0.3, 0.4) is 0 Å². The van der Waals surface area contributed by atoms with Gasteiger partial charge in [-0.3, -0.25) is 14.4 Å². The number of ether oxygens (including phenoxy) is 1. The summed E-state index contributed by atoms with van der Waals surface area (Å²) in [6.45, 7) is 9.57. The summed E-state index contributed by atoms with van der Waals surface area (Å²) in [6.07, 6.45) is 8.15. The lowest BCUT2D eigenvalue weighted by Crippen LogP contribution is -2.58. The number of anilines is 3. The number of aryl methyl sites for hydroxylation is 2. The second kappa shape index (κ2) is 10.1. The van der Waals surface area contributed by atoms with E-state index in [-0.39, 0.29) is 5.91 Å². The molecule has 200 valence electrons. The van der Waals surface area contributed by atoms with Crippen molar-refractivity contribution in [2.24, 2.45) is 7.05 Å². The van der Waals surface area contributed by atoms with E-state index in [2.05, 4.69) is 48.6 Å². The maximum Gasteiger partial charge on any atom is 0.256 e. The van der Waals surface area contributed by atoms with Crippen molar-refractivity contribution in [2.45, 2.75) is 32.7 Å². The molecule has 11 heteroatoms. The fourth-order valence-corrected chi connectivity index (χ4v) is 4.97. The number of aromatic nitrogens is 5. The van der Waals surface area contributed by atoms with Crippen LogP contribution in [0.1, 0.15) is 36.2 Å². The van der Waals surface area contributed by atoms with Crippen LogP contribution in [-0.4, -0.2) is 86.3 Å². The summed E-state index contributed by atoms with van der Waals surface area (Å²) in [7, 11) is 5.51. The third-order valence-electron chi connectivity index (χ3n) is 7.40. The number of piperazine rings is 1. The van der Waals surface area contributed by atoms with Gasteiger partial charge in [-0.05, 0) is 51.4 Å². The van der Waals surface area contributed by atoms with E-state index in [0.29, 0.717) is 29.8 Å². The molecule has 2 N–H and O–H groups in total. The molecule has 11 nitrogen and oxygen atoms in total. The molecule has 2 aliphatic rings. The number of pyridine rings is 1. The lowest BCUT2D eigenvalue weighted by Gasteiger charge is -2.42. The molecule has 0 saturated carbocycles. The highest BCUT2D eigenvalue weighted by Gasteiger charge is 2.37. The third-order valence-corrected chi connectivity index (χ3v) is 7.40. The number of allylic oxidation sites excluding steroid dienone is 1. The minimum Gasteiger partial charge on any atom is -0.478 e. The average Bonchev–Trinajstić information content (AvgIpc) is 3.48. The van der Waals surface area contributed by atoms with Crippen molar-refractivity contribution in [2.75, 3.05) is 51.0 Å². The molecule has 4 heterocycles. The molecule has 1 aliphatic carbocycles. The minimum atomic E-state index is -0.641. The van der Waals surface area contributed by atoms with Crippen molar-refractivity contribution in [1.29, 1.82) is 0 Å². The zero-order chi connectivity index (χ0) is 27.0. The number of likely N-dealkylation sites (N-methyl/N-ethyl adjacent to an activating group) is 1. The predicted octanol–water partition coefficient (Wildman–Crippen LogP) is 2.62. The molecule has 1 saturated heterocycles. The molecule has 3 aromatic rings. The summed E-state index contributed by atoms with van der Waals surface area (Å²) < 4.78 is 7.01. The van der Waals surface area contributed by atoms with Gasteiger partial charge in [-0.1, -0.05) is 6.08 Å². The van der Waals surface area contributed by atoms with Crippen molar-refractivity contribution in [1.82, 2.24) is 34.5 Å². The SMILES string of the molecule is COc1nn(C)cc1Nc1ncc(C)c(C2=CCc3c2ccnc3NC(=O)C(C)(C)N2CCN(C)CC2)n1. The largest absolute Gasteiger partial charge is 0.478 e. The highest BCUT2D eigenvalue weighted by atomic mass is 16.5. The zero-order valence-electron chi connectivity index (χ0n) is 22.9. The molecular formula is C27H35N9O2. The summed E-state index contributed by atoms with van der Waals surface area (Å²) in [6, 6.07) is 1.98. The van der Waals surface area contributed by atoms with Crippen LogP contribution in [0.4, 0.5) is 17.5 Å². The van der Waals surface area contributed by atoms with E-state index in [1.54, 1.807) is 24.2 Å². The highest BCUT2D eigenvalue weighted by molar-refractivity contribution is 5.98. The average molecular weight is 518 g/mol. The topological polar surface area (TPSA) is 113 Å². The molecule has 0 spiro atoms. The number of hydrogen-bond donors (Lipinski definition) is 2. The molecule has 0 aromatic carbocycles. The maximum absolute atomic E-state index is 13.4. The minimum absolute atomic E-state index is 0.0495. The molecule has 5 rings (SSSR count). The molecule has 3 aromatic heterocycles. The van der Waals surface area contributed by atoms with Gasteiger partial charge >= 0.3 is 0 Å². The standard InChI is InChI=1S/C27H35N9O2/c1-17-15-29-26(30-21-16-35(5)33-24(21)38-6)31-22(17)19-7-8-20-18(19)9-10-28-23(20)32-25(37)27(2,3)36-13-11-34(4)12-14-36/h7,9-10,15-16H,8,11-14H2,1-6H3,(H,28,32,37)(H,29,30,31). The Kier molecular flexibility index (Phi) is 6.89. The second-order valence-electron chi connectivity index (χ2n) is 10.4. The first-order chi connectivity index (χ1) is 18.2. The van der Waals surface area contributed by atoms with Gasteiger partial charge in [0, 0.05) is 56.8 Å². The Hall–Kier alpha value is -3.83. The number of hydrogen-bond acceptors (Lipinski definition) is 9. The number of methoxy groups -OCH3 is 1. The molecular weight excluding hydrogens is 482 g/mol. The van der Waals surface area contributed by atoms with Gasteiger partial charge in [-0.15, -0.1) is 5.10 Å². The van der Waals surface area contributed by atoms with Crippen molar-refractivity contribution in [3.05, 3.63) is 53.1 Å². The van der Waals surface area contributed by atoms with Crippen molar-refractivity contribution in [3.8, 4) is 5.88 Å². The van der Waals surface area contributed by atoms with E-state index in [4.69, 9.17) is 9.72 Å². The first-order valence-electron chi connectivity index (χ1n) is 12.8. The lowest BCUT2D eigenvalue weighted by molar-refractivity contribution is -0.127. The van der Waals surface area contributed by atoms with Crippen LogP contribution in [-0.2, 0) is 18.3 Å². The summed E-state index contributed by atoms with van der Waals surface area (Å²) in [4.78, 5) is 31.8. The molecule has 0 radical (unpaired) electrons. The van der Waals surface area contributed by atoms with Crippen LogP contribution in [0, 0.1) is 6.92 Å². The molecule has 0 atom stereocenters. The van der Waals surface area contributed by atoms with E-state index in [1.807, 2.05) is 40.1 Å². The van der Waals surface area contributed by atoms with Crippen LogP contribution in [0.2, 0.25) is 0 Å². The van der Waals surface area contributed by atoms with Crippen LogP contribution in [0.25, 0.3) is 5.57 Å². The van der Waals surface area contributed by atoms with Gasteiger partial charge in [0.05, 0.1) is 24.5 Å². The van der Waals surface area contributed by atoms with Crippen molar-refractivity contribution < 1.29 is 9.53 Å². The van der Waals surface area contributed by atoms with Gasteiger partial charge in [-0.2, -0.15) is 0 Å². The maximum atomic E-state index is 13.4. The Balaban J connectivity index is 1.38. The Morgan fingerprint density at radius 2 is 1.89 bits per heavy atom. The quantitative estimate of drug-likeness (QED) is 0.488.